The van der Waals surface area contributed by atoms with Gasteiger partial charge in [-0.2, -0.15) is 15.0 Å². The van der Waals surface area contributed by atoms with Crippen molar-refractivity contribution in [3.8, 4) is 11.4 Å². The number of hydrogen-bond donors (Lipinski definition) is 0. The number of aryl methyl sites for hydroxylation is 3. The molecule has 1 aromatic heterocycles. The Hall–Kier alpha value is -2.62. The van der Waals surface area contributed by atoms with Crippen LogP contribution in [0.15, 0.2) is 54.6 Å². The first kappa shape index (κ1) is 15.3. The normalized spacial score (nSPS) is 10.7. The van der Waals surface area contributed by atoms with Gasteiger partial charge in [-0.15, -0.1) is 0 Å². The minimum Gasteiger partial charge on any atom is -0.494 e. The summed E-state index contributed by atoms with van der Waals surface area (Å²) in [5.41, 5.74) is 4.20. The van der Waals surface area contributed by atoms with Gasteiger partial charge in [0.25, 0.3) is 0 Å². The minimum absolute atomic E-state index is 0.682. The van der Waals surface area contributed by atoms with Crippen molar-refractivity contribution >= 4 is 0 Å². The highest BCUT2D eigenvalue weighted by Gasteiger charge is 2.08. The van der Waals surface area contributed by atoms with E-state index >= 15 is 0 Å². The molecule has 3 aromatic rings. The number of para-hydroxylation sites is 1. The fourth-order valence-electron chi connectivity index (χ4n) is 2.45. The quantitative estimate of drug-likeness (QED) is 0.649. The molecule has 1 heterocycles. The first-order valence-electron chi connectivity index (χ1n) is 7.90. The second kappa shape index (κ2) is 7.09. The maximum atomic E-state index is 5.78. The van der Waals surface area contributed by atoms with Crippen molar-refractivity contribution < 1.29 is 4.74 Å². The molecule has 118 valence electrons. The van der Waals surface area contributed by atoms with Crippen LogP contribution in [0, 0.1) is 13.8 Å². The number of rotatable bonds is 6. The molecule has 0 aliphatic carbocycles. The predicted molar refractivity (Wildman–Crippen MR) is 91.1 cm³/mol. The van der Waals surface area contributed by atoms with Gasteiger partial charge in [-0.3, -0.25) is 0 Å². The maximum Gasteiger partial charge on any atom is 0.119 e. The van der Waals surface area contributed by atoms with Crippen LogP contribution in [0.3, 0.4) is 0 Å². The van der Waals surface area contributed by atoms with E-state index in [2.05, 4.69) is 29.3 Å². The molecule has 0 unspecified atom stereocenters. The molecule has 4 heteroatoms. The standard InChI is InChI=1S/C19H21N3O/c1-15-8-6-11-18(14-15)23-13-7-12-19-16(2)20-22(21-19)17-9-4-3-5-10-17/h3-6,8-11,14H,7,12-13H2,1-2H3. The van der Waals surface area contributed by atoms with Crippen LogP contribution in [-0.2, 0) is 6.42 Å². The minimum atomic E-state index is 0.682. The fraction of sp³-hybridized carbons (Fsp3) is 0.263. The van der Waals surface area contributed by atoms with Gasteiger partial charge in [0.15, 0.2) is 0 Å². The van der Waals surface area contributed by atoms with Gasteiger partial charge in [0.2, 0.25) is 0 Å². The molecule has 4 nitrogen and oxygen atoms in total. The third-order valence-corrected chi connectivity index (χ3v) is 3.68. The van der Waals surface area contributed by atoms with Crippen LogP contribution in [0.2, 0.25) is 0 Å². The predicted octanol–water partition coefficient (Wildman–Crippen LogP) is 3.90. The van der Waals surface area contributed by atoms with E-state index in [4.69, 9.17) is 4.74 Å². The van der Waals surface area contributed by atoms with Crippen molar-refractivity contribution in [3.63, 3.8) is 0 Å². The molecule has 23 heavy (non-hydrogen) atoms. The SMILES string of the molecule is Cc1cccc(OCCCc2nn(-c3ccccc3)nc2C)c1. The van der Waals surface area contributed by atoms with Gasteiger partial charge in [-0.05, 0) is 56.5 Å². The van der Waals surface area contributed by atoms with E-state index in [0.717, 1.165) is 35.7 Å². The fourth-order valence-corrected chi connectivity index (χ4v) is 2.45. The van der Waals surface area contributed by atoms with E-state index in [1.54, 1.807) is 4.80 Å². The zero-order valence-electron chi connectivity index (χ0n) is 13.6. The highest BCUT2D eigenvalue weighted by molar-refractivity contribution is 5.29. The average molecular weight is 307 g/mol. The molecule has 0 aliphatic rings. The van der Waals surface area contributed by atoms with Crippen LogP contribution in [0.25, 0.3) is 5.69 Å². The number of aromatic nitrogens is 3. The average Bonchev–Trinajstić information content (AvgIpc) is 2.94. The molecule has 0 bridgehead atoms. The summed E-state index contributed by atoms with van der Waals surface area (Å²) in [4.78, 5) is 1.70. The Bertz CT molecular complexity index is 765. The summed E-state index contributed by atoms with van der Waals surface area (Å²) in [6.45, 7) is 4.75. The Morgan fingerprint density at radius 2 is 1.78 bits per heavy atom. The zero-order valence-corrected chi connectivity index (χ0v) is 13.6. The van der Waals surface area contributed by atoms with Crippen molar-refractivity contribution in [3.05, 3.63) is 71.5 Å². The van der Waals surface area contributed by atoms with E-state index in [-0.39, 0.29) is 0 Å². The highest BCUT2D eigenvalue weighted by atomic mass is 16.5. The lowest BCUT2D eigenvalue weighted by Crippen LogP contribution is -2.01. The van der Waals surface area contributed by atoms with Crippen LogP contribution in [0.1, 0.15) is 23.4 Å². The third kappa shape index (κ3) is 3.97. The Morgan fingerprint density at radius 3 is 2.57 bits per heavy atom. The van der Waals surface area contributed by atoms with Crippen LogP contribution in [0.5, 0.6) is 5.75 Å². The van der Waals surface area contributed by atoms with E-state index < -0.39 is 0 Å². The van der Waals surface area contributed by atoms with Crippen molar-refractivity contribution in [1.29, 1.82) is 0 Å². The molecule has 0 aliphatic heterocycles. The molecule has 0 saturated heterocycles. The molecule has 3 rings (SSSR count). The van der Waals surface area contributed by atoms with Crippen molar-refractivity contribution in [2.75, 3.05) is 6.61 Å². The van der Waals surface area contributed by atoms with E-state index in [0.29, 0.717) is 6.61 Å². The monoisotopic (exact) mass is 307 g/mol. The second-order valence-corrected chi connectivity index (χ2v) is 5.63. The molecule has 0 N–H and O–H groups in total. The lowest BCUT2D eigenvalue weighted by molar-refractivity contribution is 0.310. The van der Waals surface area contributed by atoms with Gasteiger partial charge in [0, 0.05) is 0 Å². The van der Waals surface area contributed by atoms with Crippen molar-refractivity contribution in [2.24, 2.45) is 0 Å². The van der Waals surface area contributed by atoms with E-state index in [9.17, 15) is 0 Å². The van der Waals surface area contributed by atoms with Crippen LogP contribution >= 0.6 is 0 Å². The lowest BCUT2D eigenvalue weighted by Gasteiger charge is -2.06. The molecule has 0 atom stereocenters. The van der Waals surface area contributed by atoms with Gasteiger partial charge in [0.05, 0.1) is 23.7 Å². The topological polar surface area (TPSA) is 39.9 Å². The third-order valence-electron chi connectivity index (χ3n) is 3.68. The Kier molecular flexibility index (Phi) is 4.71. The van der Waals surface area contributed by atoms with Crippen molar-refractivity contribution in [1.82, 2.24) is 15.0 Å². The number of ether oxygens (including phenoxy) is 1. The van der Waals surface area contributed by atoms with Gasteiger partial charge in [-0.25, -0.2) is 0 Å². The second-order valence-electron chi connectivity index (χ2n) is 5.63. The van der Waals surface area contributed by atoms with Crippen molar-refractivity contribution in [2.45, 2.75) is 26.7 Å². The Balaban J connectivity index is 1.56. The first-order chi connectivity index (χ1) is 11.2. The van der Waals surface area contributed by atoms with Gasteiger partial charge < -0.3 is 4.74 Å². The molecular formula is C19H21N3O. The smallest absolute Gasteiger partial charge is 0.119 e. The molecule has 2 aromatic carbocycles. The summed E-state index contributed by atoms with van der Waals surface area (Å²) >= 11 is 0. The lowest BCUT2D eigenvalue weighted by atomic mass is 10.2. The van der Waals surface area contributed by atoms with Crippen LogP contribution < -0.4 is 4.74 Å². The number of benzene rings is 2. The number of hydrogen-bond acceptors (Lipinski definition) is 3. The molecule has 0 radical (unpaired) electrons. The summed E-state index contributed by atoms with van der Waals surface area (Å²) < 4.78 is 5.78. The summed E-state index contributed by atoms with van der Waals surface area (Å²) in [7, 11) is 0. The number of nitrogens with zero attached hydrogens (tertiary/aromatic N) is 3. The first-order valence-corrected chi connectivity index (χ1v) is 7.90. The highest BCUT2D eigenvalue weighted by Crippen LogP contribution is 2.14. The molecule has 0 saturated carbocycles. The molecule has 0 amide bonds. The summed E-state index contributed by atoms with van der Waals surface area (Å²) in [6, 6.07) is 18.1. The summed E-state index contributed by atoms with van der Waals surface area (Å²) in [5, 5.41) is 9.08. The Labute approximate surface area is 136 Å². The van der Waals surface area contributed by atoms with Crippen LogP contribution in [-0.4, -0.2) is 21.6 Å². The molecule has 0 spiro atoms. The van der Waals surface area contributed by atoms with Gasteiger partial charge >= 0.3 is 0 Å². The zero-order chi connectivity index (χ0) is 16.1. The summed E-state index contributed by atoms with van der Waals surface area (Å²) in [5.74, 6) is 0.926. The molecule has 0 fully saturated rings. The van der Waals surface area contributed by atoms with E-state index in [1.807, 2.05) is 49.4 Å². The van der Waals surface area contributed by atoms with Gasteiger partial charge in [-0.1, -0.05) is 30.3 Å². The maximum absolute atomic E-state index is 5.78. The molecular weight excluding hydrogens is 286 g/mol. The van der Waals surface area contributed by atoms with Crippen LogP contribution in [0.4, 0.5) is 0 Å². The Morgan fingerprint density at radius 1 is 0.957 bits per heavy atom. The van der Waals surface area contributed by atoms with Gasteiger partial charge in [0.1, 0.15) is 5.75 Å². The largest absolute Gasteiger partial charge is 0.494 e. The van der Waals surface area contributed by atoms with E-state index in [1.165, 1.54) is 5.56 Å². The summed E-state index contributed by atoms with van der Waals surface area (Å²) in [6.07, 6.45) is 1.78.